The van der Waals surface area contributed by atoms with Gasteiger partial charge in [-0.25, -0.2) is 0 Å². The lowest BCUT2D eigenvalue weighted by Gasteiger charge is -2.19. The number of carbonyl (C=O) groups excluding carboxylic acids is 2. The topological polar surface area (TPSA) is 136 Å². The first-order valence-electron chi connectivity index (χ1n) is 20.1. The third kappa shape index (κ3) is 32.5. The molecule has 2 saturated heterocycles. The molecular formula is C40H66O13S4. The fourth-order valence-corrected chi connectivity index (χ4v) is 11.3. The van der Waals surface area contributed by atoms with E-state index in [1.165, 1.54) is 24.3 Å². The second kappa shape index (κ2) is 39.2. The number of esters is 2. The van der Waals surface area contributed by atoms with E-state index in [1.54, 1.807) is 0 Å². The number of terminal acetylenes is 2. The molecule has 0 amide bonds. The van der Waals surface area contributed by atoms with E-state index in [0.29, 0.717) is 78.9 Å². The molecule has 0 aromatic heterocycles. The molecule has 13 nitrogen and oxygen atoms in total. The van der Waals surface area contributed by atoms with Crippen LogP contribution >= 0.6 is 43.2 Å². The average molecular weight is 883 g/mol. The van der Waals surface area contributed by atoms with Crippen LogP contribution in [0.25, 0.3) is 0 Å². The SMILES string of the molecule is C#CCOCCOCC(COCCOCC#C)OCCOCCOC(COCCOC(=O)CCCCC1CCSS1)COCCOC(=O)CCCCC1CCSS1. The Bertz CT molecular complexity index is 980. The molecule has 0 N–H and O–H groups in total. The van der Waals surface area contributed by atoms with Gasteiger partial charge in [0.2, 0.25) is 0 Å². The van der Waals surface area contributed by atoms with E-state index in [1.807, 2.05) is 43.2 Å². The molecule has 0 spiro atoms. The Morgan fingerprint density at radius 2 is 0.895 bits per heavy atom. The minimum Gasteiger partial charge on any atom is -0.463 e. The van der Waals surface area contributed by atoms with Crippen molar-refractivity contribution in [1.29, 1.82) is 0 Å². The lowest BCUT2D eigenvalue weighted by Crippen LogP contribution is -2.30. The van der Waals surface area contributed by atoms with Gasteiger partial charge in [-0.2, -0.15) is 0 Å². The van der Waals surface area contributed by atoms with Gasteiger partial charge in [0.15, 0.2) is 0 Å². The van der Waals surface area contributed by atoms with Gasteiger partial charge in [0.05, 0.1) is 92.5 Å². The normalized spacial score (nSPS) is 17.1. The first kappa shape index (κ1) is 52.2. The van der Waals surface area contributed by atoms with Crippen LogP contribution in [0.1, 0.15) is 64.2 Å². The molecule has 57 heavy (non-hydrogen) atoms. The first-order valence-corrected chi connectivity index (χ1v) is 24.9. The summed E-state index contributed by atoms with van der Waals surface area (Å²) in [5.74, 6) is 6.88. The highest BCUT2D eigenvalue weighted by Gasteiger charge is 2.18. The van der Waals surface area contributed by atoms with E-state index in [4.69, 9.17) is 65.0 Å². The molecule has 2 aliphatic heterocycles. The van der Waals surface area contributed by atoms with E-state index in [9.17, 15) is 9.59 Å². The van der Waals surface area contributed by atoms with Crippen molar-refractivity contribution in [3.63, 3.8) is 0 Å². The molecular weight excluding hydrogens is 817 g/mol. The fourth-order valence-electron chi connectivity index (χ4n) is 5.28. The standard InChI is InChI=1S/C40H66O13S4/c1-3-15-43-17-19-46-31-35(32-47-20-18-44-16-4-2)50-25-21-45-22-26-51-36(33-48-23-27-52-39(41)11-7-5-9-37-13-29-54-56-37)34-49-24-28-53-40(42)12-8-6-10-38-14-30-55-57-38/h1-2,35-38H,5-34H2. The van der Waals surface area contributed by atoms with Crippen molar-refractivity contribution in [3.8, 4) is 24.7 Å². The van der Waals surface area contributed by atoms with Crippen molar-refractivity contribution < 1.29 is 61.7 Å². The minimum absolute atomic E-state index is 0.176. The number of rotatable bonds is 40. The van der Waals surface area contributed by atoms with Gasteiger partial charge in [-0.3, -0.25) is 9.59 Å². The zero-order chi connectivity index (χ0) is 40.7. The number of unbranched alkanes of at least 4 members (excludes halogenated alkanes) is 2. The fraction of sp³-hybridized carbons (Fsp3) is 0.850. The van der Waals surface area contributed by atoms with E-state index < -0.39 is 6.10 Å². The molecule has 2 fully saturated rings. The van der Waals surface area contributed by atoms with Crippen molar-refractivity contribution in [2.24, 2.45) is 0 Å². The molecule has 0 bridgehead atoms. The van der Waals surface area contributed by atoms with Crippen LogP contribution in [0.5, 0.6) is 0 Å². The van der Waals surface area contributed by atoms with Gasteiger partial charge in [0.1, 0.15) is 38.6 Å². The Labute approximate surface area is 357 Å². The zero-order valence-electron chi connectivity index (χ0n) is 33.6. The minimum atomic E-state index is -0.401. The van der Waals surface area contributed by atoms with Gasteiger partial charge in [-0.1, -0.05) is 67.9 Å². The predicted octanol–water partition coefficient (Wildman–Crippen LogP) is 5.65. The van der Waals surface area contributed by atoms with E-state index in [2.05, 4.69) is 11.8 Å². The van der Waals surface area contributed by atoms with Crippen molar-refractivity contribution in [1.82, 2.24) is 0 Å². The van der Waals surface area contributed by atoms with Gasteiger partial charge in [0, 0.05) is 34.8 Å². The second-order valence-corrected chi connectivity index (χ2v) is 18.6. The Morgan fingerprint density at radius 3 is 1.28 bits per heavy atom. The highest BCUT2D eigenvalue weighted by Crippen LogP contribution is 2.40. The summed E-state index contributed by atoms with van der Waals surface area (Å²) in [7, 11) is 7.81. The average Bonchev–Trinajstić information content (AvgIpc) is 3.95. The van der Waals surface area contributed by atoms with Crippen LogP contribution in [0.15, 0.2) is 0 Å². The molecule has 2 unspecified atom stereocenters. The van der Waals surface area contributed by atoms with Crippen LogP contribution in [0, 0.1) is 24.7 Å². The number of hydrogen-bond acceptors (Lipinski definition) is 17. The Kier molecular flexibility index (Phi) is 36.0. The summed E-state index contributed by atoms with van der Waals surface area (Å²) in [4.78, 5) is 24.3. The van der Waals surface area contributed by atoms with Crippen LogP contribution in [-0.4, -0.2) is 165 Å². The maximum Gasteiger partial charge on any atom is 0.305 e. The third-order valence-electron chi connectivity index (χ3n) is 8.24. The summed E-state index contributed by atoms with van der Waals surface area (Å²) in [5.41, 5.74) is 0. The van der Waals surface area contributed by atoms with E-state index in [0.717, 1.165) is 49.0 Å². The summed E-state index contributed by atoms with van der Waals surface area (Å²) < 4.78 is 61.7. The molecule has 0 aromatic carbocycles. The second-order valence-electron chi connectivity index (χ2n) is 13.0. The van der Waals surface area contributed by atoms with Crippen molar-refractivity contribution in [2.75, 3.05) is 130 Å². The zero-order valence-corrected chi connectivity index (χ0v) is 36.9. The highest BCUT2D eigenvalue weighted by molar-refractivity contribution is 8.77. The summed E-state index contributed by atoms with van der Waals surface area (Å²) in [6, 6.07) is 0. The van der Waals surface area contributed by atoms with Crippen LogP contribution in [-0.2, 0) is 61.7 Å². The molecule has 2 heterocycles. The Morgan fingerprint density at radius 1 is 0.509 bits per heavy atom. The van der Waals surface area contributed by atoms with Gasteiger partial charge >= 0.3 is 11.9 Å². The number of ether oxygens (including phenoxy) is 11. The largest absolute Gasteiger partial charge is 0.463 e. The number of hydrogen-bond donors (Lipinski definition) is 0. The van der Waals surface area contributed by atoms with Crippen molar-refractivity contribution in [3.05, 3.63) is 0 Å². The maximum atomic E-state index is 12.2. The highest BCUT2D eigenvalue weighted by atomic mass is 33.1. The van der Waals surface area contributed by atoms with Crippen LogP contribution in [0.4, 0.5) is 0 Å². The molecule has 328 valence electrons. The van der Waals surface area contributed by atoms with Crippen molar-refractivity contribution >= 4 is 55.1 Å². The maximum absolute atomic E-state index is 12.2. The summed E-state index contributed by atoms with van der Waals surface area (Å²) in [6.07, 6.45) is 19.1. The van der Waals surface area contributed by atoms with Gasteiger partial charge < -0.3 is 52.1 Å². The van der Waals surface area contributed by atoms with E-state index >= 15 is 0 Å². The molecule has 0 aromatic rings. The molecule has 0 aliphatic carbocycles. The summed E-state index contributed by atoms with van der Waals surface area (Å²) >= 11 is 0. The van der Waals surface area contributed by atoms with Crippen LogP contribution < -0.4 is 0 Å². The molecule has 2 aliphatic rings. The summed E-state index contributed by atoms with van der Waals surface area (Å²) in [5, 5.41) is 1.44. The lowest BCUT2D eigenvalue weighted by molar-refractivity contribution is -0.146. The lowest BCUT2D eigenvalue weighted by atomic mass is 10.1. The third-order valence-corrected chi connectivity index (χ3v) is 14.3. The molecule has 2 rings (SSSR count). The quantitative estimate of drug-likeness (QED) is 0.0324. The Hall–Kier alpha value is -0.900. The molecule has 0 radical (unpaired) electrons. The monoisotopic (exact) mass is 882 g/mol. The van der Waals surface area contributed by atoms with Gasteiger partial charge in [-0.15, -0.1) is 12.8 Å². The van der Waals surface area contributed by atoms with Crippen LogP contribution in [0.3, 0.4) is 0 Å². The first-order chi connectivity index (χ1) is 28.1. The van der Waals surface area contributed by atoms with Crippen LogP contribution in [0.2, 0.25) is 0 Å². The number of carbonyl (C=O) groups is 2. The molecule has 2 atom stereocenters. The van der Waals surface area contributed by atoms with Gasteiger partial charge in [0.25, 0.3) is 0 Å². The van der Waals surface area contributed by atoms with Gasteiger partial charge in [-0.05, 0) is 38.5 Å². The van der Waals surface area contributed by atoms with E-state index in [-0.39, 0.29) is 70.9 Å². The Balaban J connectivity index is 1.63. The smallest absolute Gasteiger partial charge is 0.305 e. The molecule has 17 heteroatoms. The van der Waals surface area contributed by atoms with Crippen molar-refractivity contribution in [2.45, 2.75) is 86.9 Å². The molecule has 0 saturated carbocycles. The predicted molar refractivity (Wildman–Crippen MR) is 229 cm³/mol. The summed E-state index contributed by atoms with van der Waals surface area (Å²) in [6.45, 7) is 5.21.